The van der Waals surface area contributed by atoms with Crippen LogP contribution in [0.4, 0.5) is 0 Å². The minimum absolute atomic E-state index is 0.222. The molecule has 0 bridgehead atoms. The normalized spacial score (nSPS) is 11.5. The number of halogens is 2. The van der Waals surface area contributed by atoms with Crippen molar-refractivity contribution in [1.82, 2.24) is 4.72 Å². The topological polar surface area (TPSA) is 46.2 Å². The van der Waals surface area contributed by atoms with Gasteiger partial charge >= 0.3 is 0 Å². The molecule has 21 heavy (non-hydrogen) atoms. The van der Waals surface area contributed by atoms with Gasteiger partial charge < -0.3 is 0 Å². The maximum Gasteiger partial charge on any atom is 0.215 e. The maximum absolute atomic E-state index is 12.1. The third-order valence-electron chi connectivity index (χ3n) is 2.97. The predicted octanol–water partition coefficient (Wildman–Crippen LogP) is 3.66. The van der Waals surface area contributed by atoms with Crippen molar-refractivity contribution in [2.45, 2.75) is 12.2 Å². The maximum atomic E-state index is 12.1. The molecule has 0 heterocycles. The highest BCUT2D eigenvalue weighted by molar-refractivity contribution is 7.88. The van der Waals surface area contributed by atoms with Gasteiger partial charge in [-0.15, -0.1) is 0 Å². The van der Waals surface area contributed by atoms with Crippen LogP contribution in [-0.2, 0) is 22.2 Å². The van der Waals surface area contributed by atoms with Crippen LogP contribution in [-0.4, -0.2) is 15.0 Å². The van der Waals surface area contributed by atoms with Crippen LogP contribution in [0.25, 0.3) is 0 Å². The molecule has 0 radical (unpaired) electrons. The monoisotopic (exact) mass is 343 g/mol. The van der Waals surface area contributed by atoms with E-state index in [0.29, 0.717) is 28.6 Å². The minimum atomic E-state index is -3.47. The fourth-order valence-electron chi connectivity index (χ4n) is 1.91. The molecule has 2 aromatic rings. The largest absolute Gasteiger partial charge is 0.215 e. The Hall–Kier alpha value is -1.07. The molecule has 0 aliphatic rings. The van der Waals surface area contributed by atoms with Gasteiger partial charge in [0.15, 0.2) is 0 Å². The molecule has 1 N–H and O–H groups in total. The zero-order valence-electron chi connectivity index (χ0n) is 11.2. The fraction of sp³-hybridized carbons (Fsp3) is 0.200. The summed E-state index contributed by atoms with van der Waals surface area (Å²) >= 11 is 12.0. The van der Waals surface area contributed by atoms with Gasteiger partial charge in [-0.25, -0.2) is 13.1 Å². The summed E-state index contributed by atoms with van der Waals surface area (Å²) in [6, 6.07) is 14.6. The predicted molar refractivity (Wildman–Crippen MR) is 87.2 cm³/mol. The molecule has 0 aliphatic carbocycles. The molecule has 0 aromatic heterocycles. The summed E-state index contributed by atoms with van der Waals surface area (Å²) in [7, 11) is -3.47. The molecule has 0 unspecified atom stereocenters. The van der Waals surface area contributed by atoms with E-state index in [0.717, 1.165) is 5.56 Å². The average molecular weight is 344 g/mol. The quantitative estimate of drug-likeness (QED) is 0.869. The standard InChI is InChI=1S/C15H15Cl2NO2S/c16-14-7-4-8-15(17)13(14)11-21(19,20)18-10-9-12-5-2-1-3-6-12/h1-8,18H,9-11H2. The van der Waals surface area contributed by atoms with Crippen LogP contribution in [0.15, 0.2) is 48.5 Å². The summed E-state index contributed by atoms with van der Waals surface area (Å²) in [5, 5.41) is 0.715. The van der Waals surface area contributed by atoms with E-state index >= 15 is 0 Å². The van der Waals surface area contributed by atoms with Crippen LogP contribution < -0.4 is 4.72 Å². The Bertz CT molecular complexity index is 683. The van der Waals surface area contributed by atoms with E-state index in [9.17, 15) is 8.42 Å². The van der Waals surface area contributed by atoms with Crippen molar-refractivity contribution in [3.63, 3.8) is 0 Å². The van der Waals surface area contributed by atoms with Crippen molar-refractivity contribution in [2.75, 3.05) is 6.54 Å². The molecule has 0 saturated heterocycles. The van der Waals surface area contributed by atoms with Gasteiger partial charge in [-0.3, -0.25) is 0 Å². The molecule has 0 fully saturated rings. The first-order valence-corrected chi connectivity index (χ1v) is 8.83. The molecule has 6 heteroatoms. The Morgan fingerprint density at radius 3 is 2.14 bits per heavy atom. The average Bonchev–Trinajstić information content (AvgIpc) is 2.44. The lowest BCUT2D eigenvalue weighted by molar-refractivity contribution is 0.581. The third-order valence-corrected chi connectivity index (χ3v) is 5.00. The Morgan fingerprint density at radius 1 is 0.905 bits per heavy atom. The highest BCUT2D eigenvalue weighted by Crippen LogP contribution is 2.25. The highest BCUT2D eigenvalue weighted by atomic mass is 35.5. The number of rotatable bonds is 6. The number of sulfonamides is 1. The lowest BCUT2D eigenvalue weighted by Crippen LogP contribution is -2.27. The summed E-state index contributed by atoms with van der Waals surface area (Å²) in [5.41, 5.74) is 1.50. The zero-order chi connectivity index (χ0) is 15.3. The summed E-state index contributed by atoms with van der Waals surface area (Å²) in [5.74, 6) is -0.222. The molecular weight excluding hydrogens is 329 g/mol. The van der Waals surface area contributed by atoms with E-state index in [1.807, 2.05) is 30.3 Å². The fourth-order valence-corrected chi connectivity index (χ4v) is 3.80. The molecule has 0 saturated carbocycles. The SMILES string of the molecule is O=S(=O)(Cc1c(Cl)cccc1Cl)NCCc1ccccc1. The molecule has 0 amide bonds. The highest BCUT2D eigenvalue weighted by Gasteiger charge is 2.15. The smallest absolute Gasteiger partial charge is 0.215 e. The van der Waals surface area contributed by atoms with Crippen molar-refractivity contribution >= 4 is 33.2 Å². The zero-order valence-corrected chi connectivity index (χ0v) is 13.5. The summed E-state index contributed by atoms with van der Waals surface area (Å²) in [4.78, 5) is 0. The minimum Gasteiger partial charge on any atom is -0.215 e. The Balaban J connectivity index is 1.96. The van der Waals surface area contributed by atoms with Gasteiger partial charge in [0.1, 0.15) is 0 Å². The van der Waals surface area contributed by atoms with Crippen molar-refractivity contribution in [3.8, 4) is 0 Å². The molecule has 2 rings (SSSR count). The van der Waals surface area contributed by atoms with Crippen LogP contribution in [0.5, 0.6) is 0 Å². The van der Waals surface area contributed by atoms with Gasteiger partial charge in [-0.05, 0) is 24.1 Å². The van der Waals surface area contributed by atoms with Crippen molar-refractivity contribution in [3.05, 3.63) is 69.7 Å². The third kappa shape index (κ3) is 5.00. The molecular formula is C15H15Cl2NO2S. The van der Waals surface area contributed by atoms with Gasteiger partial charge in [0.2, 0.25) is 10.0 Å². The molecule has 3 nitrogen and oxygen atoms in total. The summed E-state index contributed by atoms with van der Waals surface area (Å²) in [6.07, 6.45) is 0.635. The number of nitrogens with one attached hydrogen (secondary N) is 1. The second-order valence-corrected chi connectivity index (χ2v) is 7.21. The van der Waals surface area contributed by atoms with Crippen molar-refractivity contribution < 1.29 is 8.42 Å². The van der Waals surface area contributed by atoms with Crippen LogP contribution in [0, 0.1) is 0 Å². The number of benzene rings is 2. The van der Waals surface area contributed by atoms with E-state index in [1.165, 1.54) is 0 Å². The number of hydrogen-bond acceptors (Lipinski definition) is 2. The second-order valence-electron chi connectivity index (χ2n) is 4.59. The van der Waals surface area contributed by atoms with E-state index in [1.54, 1.807) is 18.2 Å². The molecule has 0 atom stereocenters. The first kappa shape index (κ1) is 16.3. The Morgan fingerprint density at radius 2 is 1.52 bits per heavy atom. The summed E-state index contributed by atoms with van der Waals surface area (Å²) < 4.78 is 26.7. The van der Waals surface area contributed by atoms with Gasteiger partial charge in [0, 0.05) is 22.2 Å². The lowest BCUT2D eigenvalue weighted by atomic mass is 10.2. The molecule has 0 aliphatic heterocycles. The van der Waals surface area contributed by atoms with Crippen LogP contribution in [0.1, 0.15) is 11.1 Å². The molecule has 112 valence electrons. The Labute approximate surface area is 135 Å². The Kier molecular flexibility index (Phi) is 5.65. The van der Waals surface area contributed by atoms with E-state index < -0.39 is 10.0 Å². The van der Waals surface area contributed by atoms with Gasteiger partial charge in [0.05, 0.1) is 5.75 Å². The van der Waals surface area contributed by atoms with Gasteiger partial charge in [-0.2, -0.15) is 0 Å². The van der Waals surface area contributed by atoms with Crippen LogP contribution >= 0.6 is 23.2 Å². The van der Waals surface area contributed by atoms with Crippen LogP contribution in [0.3, 0.4) is 0 Å². The first-order chi connectivity index (χ1) is 9.98. The van der Waals surface area contributed by atoms with Crippen molar-refractivity contribution in [1.29, 1.82) is 0 Å². The molecule has 0 spiro atoms. The molecule has 2 aromatic carbocycles. The summed E-state index contributed by atoms with van der Waals surface area (Å²) in [6.45, 7) is 0.342. The van der Waals surface area contributed by atoms with Gasteiger partial charge in [0.25, 0.3) is 0 Å². The van der Waals surface area contributed by atoms with E-state index in [-0.39, 0.29) is 5.75 Å². The van der Waals surface area contributed by atoms with Crippen LogP contribution in [0.2, 0.25) is 10.0 Å². The second kappa shape index (κ2) is 7.27. The van der Waals surface area contributed by atoms with E-state index in [4.69, 9.17) is 23.2 Å². The van der Waals surface area contributed by atoms with Crippen molar-refractivity contribution in [2.24, 2.45) is 0 Å². The first-order valence-electron chi connectivity index (χ1n) is 6.42. The van der Waals surface area contributed by atoms with Gasteiger partial charge in [-0.1, -0.05) is 59.6 Å². The number of hydrogen-bond donors (Lipinski definition) is 1. The lowest BCUT2D eigenvalue weighted by Gasteiger charge is -2.09. The van der Waals surface area contributed by atoms with E-state index in [2.05, 4.69) is 4.72 Å².